The second-order valence-electron chi connectivity index (χ2n) is 2.92. The lowest BCUT2D eigenvalue weighted by molar-refractivity contribution is -0.113. The summed E-state index contributed by atoms with van der Waals surface area (Å²) in [5.74, 6) is 0. The summed E-state index contributed by atoms with van der Waals surface area (Å²) in [5.41, 5.74) is 0. The Labute approximate surface area is 76.1 Å². The van der Waals surface area contributed by atoms with Crippen LogP contribution < -0.4 is 0 Å². The van der Waals surface area contributed by atoms with Gasteiger partial charge in [0, 0.05) is 11.9 Å². The molecular formula is C8H14BrNO. The fourth-order valence-corrected chi connectivity index (χ4v) is 2.01. The van der Waals surface area contributed by atoms with Crippen molar-refractivity contribution in [3.63, 3.8) is 0 Å². The van der Waals surface area contributed by atoms with Crippen molar-refractivity contribution in [2.45, 2.75) is 25.3 Å². The number of alkyl halides is 1. The van der Waals surface area contributed by atoms with Gasteiger partial charge < -0.3 is 4.79 Å². The molecule has 0 aliphatic carbocycles. The summed E-state index contributed by atoms with van der Waals surface area (Å²) in [5, 5.41) is 0.970. The summed E-state index contributed by atoms with van der Waals surface area (Å²) in [4.78, 5) is 12.8. The van der Waals surface area contributed by atoms with Crippen LogP contribution in [0.1, 0.15) is 19.3 Å². The van der Waals surface area contributed by atoms with Gasteiger partial charge in [-0.15, -0.1) is 0 Å². The largest absolute Gasteiger partial charge is 0.302 e. The molecule has 0 aromatic heterocycles. The van der Waals surface area contributed by atoms with Crippen LogP contribution >= 0.6 is 15.9 Å². The van der Waals surface area contributed by atoms with Gasteiger partial charge in [-0.05, 0) is 19.4 Å². The molecule has 11 heavy (non-hydrogen) atoms. The van der Waals surface area contributed by atoms with E-state index < -0.39 is 0 Å². The van der Waals surface area contributed by atoms with Crippen LogP contribution in [0.4, 0.5) is 0 Å². The molecule has 1 unspecified atom stereocenters. The first-order chi connectivity index (χ1) is 5.38. The highest BCUT2D eigenvalue weighted by Gasteiger charge is 2.20. The maximum Gasteiger partial charge on any atom is 0.137 e. The normalized spacial score (nSPS) is 26.8. The molecule has 0 saturated carbocycles. The Bertz CT molecular complexity index is 127. The zero-order valence-electron chi connectivity index (χ0n) is 6.63. The number of hydrogen-bond acceptors (Lipinski definition) is 2. The molecule has 0 aromatic carbocycles. The topological polar surface area (TPSA) is 20.3 Å². The molecule has 0 N–H and O–H groups in total. The highest BCUT2D eigenvalue weighted by molar-refractivity contribution is 9.09. The van der Waals surface area contributed by atoms with Crippen molar-refractivity contribution in [3.8, 4) is 0 Å². The lowest BCUT2D eigenvalue weighted by Crippen LogP contribution is -2.41. The van der Waals surface area contributed by atoms with E-state index in [1.54, 1.807) is 0 Å². The van der Waals surface area contributed by atoms with Gasteiger partial charge in [0.15, 0.2) is 0 Å². The first kappa shape index (κ1) is 9.20. The zero-order valence-corrected chi connectivity index (χ0v) is 8.22. The van der Waals surface area contributed by atoms with Crippen molar-refractivity contribution in [2.75, 3.05) is 18.4 Å². The van der Waals surface area contributed by atoms with Gasteiger partial charge in [0.1, 0.15) is 6.29 Å². The Morgan fingerprint density at radius 2 is 2.36 bits per heavy atom. The Morgan fingerprint density at radius 1 is 1.55 bits per heavy atom. The molecule has 2 nitrogen and oxygen atoms in total. The van der Waals surface area contributed by atoms with E-state index in [2.05, 4.69) is 20.8 Å². The van der Waals surface area contributed by atoms with Gasteiger partial charge in [-0.25, -0.2) is 0 Å². The van der Waals surface area contributed by atoms with Crippen molar-refractivity contribution >= 4 is 22.2 Å². The van der Waals surface area contributed by atoms with Gasteiger partial charge in [-0.2, -0.15) is 0 Å². The second-order valence-corrected chi connectivity index (χ2v) is 3.72. The Kier molecular flexibility index (Phi) is 4.08. The fourth-order valence-electron chi connectivity index (χ4n) is 1.56. The highest BCUT2D eigenvalue weighted by Crippen LogP contribution is 2.14. The first-order valence-corrected chi connectivity index (χ1v) is 5.26. The molecule has 64 valence electrons. The van der Waals surface area contributed by atoms with Gasteiger partial charge in [-0.1, -0.05) is 22.4 Å². The number of piperidine rings is 1. The summed E-state index contributed by atoms with van der Waals surface area (Å²) in [6.07, 6.45) is 4.60. The number of nitrogens with zero attached hydrogens (tertiary/aromatic N) is 1. The standard InChI is InChI=1S/C8H14BrNO/c9-4-6-10-5-2-1-3-8(10)7-11/h7-8H,1-6H2. The molecule has 1 saturated heterocycles. The number of likely N-dealkylation sites (tertiary alicyclic amines) is 1. The minimum absolute atomic E-state index is 0.196. The van der Waals surface area contributed by atoms with E-state index in [4.69, 9.17) is 0 Å². The van der Waals surface area contributed by atoms with E-state index in [9.17, 15) is 4.79 Å². The molecule has 0 bridgehead atoms. The summed E-state index contributed by atoms with van der Waals surface area (Å²) < 4.78 is 0. The molecule has 0 amide bonds. The number of halogens is 1. The van der Waals surface area contributed by atoms with Gasteiger partial charge in [0.05, 0.1) is 6.04 Å². The summed E-state index contributed by atoms with van der Waals surface area (Å²) in [6.45, 7) is 2.10. The summed E-state index contributed by atoms with van der Waals surface area (Å²) in [7, 11) is 0. The highest BCUT2D eigenvalue weighted by atomic mass is 79.9. The van der Waals surface area contributed by atoms with E-state index in [0.717, 1.165) is 31.1 Å². The van der Waals surface area contributed by atoms with E-state index in [-0.39, 0.29) is 6.04 Å². The van der Waals surface area contributed by atoms with Crippen molar-refractivity contribution in [2.24, 2.45) is 0 Å². The third-order valence-corrected chi connectivity index (χ3v) is 2.55. The number of hydrogen-bond donors (Lipinski definition) is 0. The van der Waals surface area contributed by atoms with Crippen LogP contribution in [-0.4, -0.2) is 35.6 Å². The van der Waals surface area contributed by atoms with Gasteiger partial charge in [-0.3, -0.25) is 4.90 Å². The van der Waals surface area contributed by atoms with Crippen LogP contribution in [0.3, 0.4) is 0 Å². The maximum absolute atomic E-state index is 10.6. The predicted molar refractivity (Wildman–Crippen MR) is 49.1 cm³/mol. The van der Waals surface area contributed by atoms with Crippen LogP contribution in [0, 0.1) is 0 Å². The average Bonchev–Trinajstić information content (AvgIpc) is 2.06. The second kappa shape index (κ2) is 4.88. The lowest BCUT2D eigenvalue weighted by Gasteiger charge is -2.31. The van der Waals surface area contributed by atoms with Crippen LogP contribution in [0.15, 0.2) is 0 Å². The first-order valence-electron chi connectivity index (χ1n) is 4.14. The summed E-state index contributed by atoms with van der Waals surface area (Å²) in [6, 6.07) is 0.196. The minimum Gasteiger partial charge on any atom is -0.302 e. The molecule has 1 fully saturated rings. The third kappa shape index (κ3) is 2.56. The molecule has 1 aliphatic rings. The smallest absolute Gasteiger partial charge is 0.137 e. The van der Waals surface area contributed by atoms with E-state index in [1.807, 2.05) is 0 Å². The predicted octanol–water partition coefficient (Wildman–Crippen LogP) is 1.43. The Hall–Kier alpha value is 0.110. The zero-order chi connectivity index (χ0) is 8.10. The average molecular weight is 220 g/mol. The monoisotopic (exact) mass is 219 g/mol. The summed E-state index contributed by atoms with van der Waals surface area (Å²) >= 11 is 3.38. The van der Waals surface area contributed by atoms with Crippen LogP contribution in [0.25, 0.3) is 0 Å². The van der Waals surface area contributed by atoms with Gasteiger partial charge >= 0.3 is 0 Å². The quantitative estimate of drug-likeness (QED) is 0.529. The molecular weight excluding hydrogens is 206 g/mol. The molecule has 0 aromatic rings. The third-order valence-electron chi connectivity index (χ3n) is 2.19. The minimum atomic E-state index is 0.196. The molecule has 1 heterocycles. The van der Waals surface area contributed by atoms with Crippen molar-refractivity contribution < 1.29 is 4.79 Å². The molecule has 0 radical (unpaired) electrons. The van der Waals surface area contributed by atoms with Crippen molar-refractivity contribution in [1.82, 2.24) is 4.90 Å². The molecule has 3 heteroatoms. The Balaban J connectivity index is 2.37. The molecule has 1 aliphatic heterocycles. The fraction of sp³-hybridized carbons (Fsp3) is 0.875. The number of rotatable bonds is 3. The van der Waals surface area contributed by atoms with Crippen molar-refractivity contribution in [3.05, 3.63) is 0 Å². The number of carbonyl (C=O) groups excluding carboxylic acids is 1. The number of carbonyl (C=O) groups is 1. The van der Waals surface area contributed by atoms with Crippen LogP contribution in [0.5, 0.6) is 0 Å². The lowest BCUT2D eigenvalue weighted by atomic mass is 10.0. The number of aldehydes is 1. The van der Waals surface area contributed by atoms with E-state index in [0.29, 0.717) is 0 Å². The molecule has 1 rings (SSSR count). The maximum atomic E-state index is 10.6. The Morgan fingerprint density at radius 3 is 3.00 bits per heavy atom. The van der Waals surface area contributed by atoms with Gasteiger partial charge in [0.25, 0.3) is 0 Å². The van der Waals surface area contributed by atoms with E-state index in [1.165, 1.54) is 12.8 Å². The molecule has 1 atom stereocenters. The van der Waals surface area contributed by atoms with E-state index >= 15 is 0 Å². The molecule has 0 spiro atoms. The SMILES string of the molecule is O=CC1CCCCN1CCBr. The van der Waals surface area contributed by atoms with Crippen LogP contribution in [-0.2, 0) is 4.79 Å². The van der Waals surface area contributed by atoms with Gasteiger partial charge in [0.2, 0.25) is 0 Å². The van der Waals surface area contributed by atoms with Crippen molar-refractivity contribution in [1.29, 1.82) is 0 Å². The van der Waals surface area contributed by atoms with Crippen LogP contribution in [0.2, 0.25) is 0 Å².